The summed E-state index contributed by atoms with van der Waals surface area (Å²) in [6, 6.07) is 9.41. The lowest BCUT2D eigenvalue weighted by atomic mass is 10.0. The van der Waals surface area contributed by atoms with Crippen LogP contribution in [0.3, 0.4) is 0 Å². The number of carbonyl (C=O) groups excluding carboxylic acids is 2. The lowest BCUT2D eigenvalue weighted by molar-refractivity contribution is -0.145. The van der Waals surface area contributed by atoms with Gasteiger partial charge in [0.15, 0.2) is 9.84 Å². The minimum atomic E-state index is -3.22. The Labute approximate surface area is 161 Å². The second kappa shape index (κ2) is 8.42. The van der Waals surface area contributed by atoms with Gasteiger partial charge < -0.3 is 9.80 Å². The van der Waals surface area contributed by atoms with Crippen molar-refractivity contribution in [1.82, 2.24) is 9.80 Å². The molecule has 148 valence electrons. The van der Waals surface area contributed by atoms with E-state index in [0.29, 0.717) is 25.9 Å². The SMILES string of the molecule is CCC(=O)N1CCN(C(=O)CCCCc2ccccc2)C2CS(=O)(=O)CC21. The number of hydrogen-bond acceptors (Lipinski definition) is 4. The van der Waals surface area contributed by atoms with Crippen molar-refractivity contribution in [1.29, 1.82) is 0 Å². The molecule has 0 N–H and O–H groups in total. The van der Waals surface area contributed by atoms with E-state index in [4.69, 9.17) is 0 Å². The average Bonchev–Trinajstić information content (AvgIpc) is 2.99. The van der Waals surface area contributed by atoms with Crippen molar-refractivity contribution in [2.24, 2.45) is 0 Å². The highest BCUT2D eigenvalue weighted by atomic mass is 32.2. The zero-order valence-electron chi connectivity index (χ0n) is 15.8. The summed E-state index contributed by atoms with van der Waals surface area (Å²) in [5.74, 6) is -0.0712. The number of piperazine rings is 1. The summed E-state index contributed by atoms with van der Waals surface area (Å²) in [5.41, 5.74) is 1.26. The number of carbonyl (C=O) groups is 2. The topological polar surface area (TPSA) is 74.8 Å². The fraction of sp³-hybridized carbons (Fsp3) is 0.600. The lowest BCUT2D eigenvalue weighted by Gasteiger charge is -2.44. The summed E-state index contributed by atoms with van der Waals surface area (Å²) in [7, 11) is -3.22. The molecule has 0 spiro atoms. The monoisotopic (exact) mass is 392 g/mol. The highest BCUT2D eigenvalue weighted by Gasteiger charge is 2.48. The maximum absolute atomic E-state index is 12.7. The standard InChI is InChI=1S/C20H28N2O4S/c1-2-19(23)21-12-13-22(18-15-27(25,26)14-17(18)21)20(24)11-7-6-10-16-8-4-3-5-9-16/h3-5,8-9,17-18H,2,6-7,10-15H2,1H3. The molecule has 1 aromatic carbocycles. The Kier molecular flexibility index (Phi) is 6.19. The summed E-state index contributed by atoms with van der Waals surface area (Å²) < 4.78 is 24.3. The first-order valence-corrected chi connectivity index (χ1v) is 11.6. The van der Waals surface area contributed by atoms with Crippen LogP contribution in [-0.4, -0.2) is 66.7 Å². The van der Waals surface area contributed by atoms with Gasteiger partial charge in [-0.25, -0.2) is 8.42 Å². The lowest BCUT2D eigenvalue weighted by Crippen LogP contribution is -2.61. The number of hydrogen-bond donors (Lipinski definition) is 0. The number of unbranched alkanes of at least 4 members (excludes halogenated alkanes) is 1. The van der Waals surface area contributed by atoms with Crippen molar-refractivity contribution in [2.75, 3.05) is 24.6 Å². The third-order valence-corrected chi connectivity index (χ3v) is 7.27. The van der Waals surface area contributed by atoms with Crippen molar-refractivity contribution in [3.63, 3.8) is 0 Å². The van der Waals surface area contributed by atoms with E-state index in [0.717, 1.165) is 19.3 Å². The van der Waals surface area contributed by atoms with Crippen LogP contribution in [0.5, 0.6) is 0 Å². The zero-order valence-corrected chi connectivity index (χ0v) is 16.7. The summed E-state index contributed by atoms with van der Waals surface area (Å²) >= 11 is 0. The van der Waals surface area contributed by atoms with Gasteiger partial charge in [-0.2, -0.15) is 0 Å². The number of aryl methyl sites for hydroxylation is 1. The minimum Gasteiger partial charge on any atom is -0.335 e. The van der Waals surface area contributed by atoms with Gasteiger partial charge in [-0.3, -0.25) is 9.59 Å². The molecule has 2 fully saturated rings. The van der Waals surface area contributed by atoms with Gasteiger partial charge in [0.1, 0.15) is 0 Å². The van der Waals surface area contributed by atoms with Gasteiger partial charge in [0, 0.05) is 25.9 Å². The number of amides is 2. The number of nitrogens with zero attached hydrogens (tertiary/aromatic N) is 2. The summed E-state index contributed by atoms with van der Waals surface area (Å²) in [6.45, 7) is 2.64. The third kappa shape index (κ3) is 4.69. The molecule has 2 heterocycles. The van der Waals surface area contributed by atoms with Crippen LogP contribution in [0.2, 0.25) is 0 Å². The average molecular weight is 393 g/mol. The van der Waals surface area contributed by atoms with Crippen LogP contribution >= 0.6 is 0 Å². The van der Waals surface area contributed by atoms with E-state index >= 15 is 0 Å². The Morgan fingerprint density at radius 3 is 2.15 bits per heavy atom. The normalized spacial score (nSPS) is 23.9. The smallest absolute Gasteiger partial charge is 0.222 e. The fourth-order valence-corrected chi connectivity index (χ4v) is 6.15. The highest BCUT2D eigenvalue weighted by Crippen LogP contribution is 2.28. The van der Waals surface area contributed by atoms with Gasteiger partial charge in [-0.15, -0.1) is 0 Å². The first-order valence-electron chi connectivity index (χ1n) is 9.74. The molecular weight excluding hydrogens is 364 g/mol. The molecular formula is C20H28N2O4S. The molecule has 2 aliphatic rings. The molecule has 0 aliphatic carbocycles. The Hall–Kier alpha value is -1.89. The van der Waals surface area contributed by atoms with E-state index in [-0.39, 0.29) is 35.4 Å². The van der Waals surface area contributed by atoms with Crippen molar-refractivity contribution in [3.05, 3.63) is 35.9 Å². The molecule has 0 saturated carbocycles. The summed E-state index contributed by atoms with van der Waals surface area (Å²) in [4.78, 5) is 28.3. The zero-order chi connectivity index (χ0) is 19.4. The molecule has 0 radical (unpaired) electrons. The van der Waals surface area contributed by atoms with Crippen molar-refractivity contribution in [2.45, 2.75) is 51.1 Å². The second-order valence-electron chi connectivity index (χ2n) is 7.43. The van der Waals surface area contributed by atoms with Crippen LogP contribution < -0.4 is 0 Å². The third-order valence-electron chi connectivity index (χ3n) is 5.57. The van der Waals surface area contributed by atoms with Gasteiger partial charge in [-0.05, 0) is 24.8 Å². The molecule has 2 atom stereocenters. The van der Waals surface area contributed by atoms with E-state index in [1.807, 2.05) is 18.2 Å². The van der Waals surface area contributed by atoms with Gasteiger partial charge >= 0.3 is 0 Å². The number of benzene rings is 1. The second-order valence-corrected chi connectivity index (χ2v) is 9.59. The molecule has 0 bridgehead atoms. The molecule has 1 aromatic rings. The van der Waals surface area contributed by atoms with Crippen LogP contribution in [-0.2, 0) is 25.8 Å². The molecule has 0 aromatic heterocycles. The van der Waals surface area contributed by atoms with E-state index in [1.54, 1.807) is 16.7 Å². The molecule has 2 saturated heterocycles. The highest BCUT2D eigenvalue weighted by molar-refractivity contribution is 7.91. The van der Waals surface area contributed by atoms with Crippen LogP contribution in [0, 0.1) is 0 Å². The van der Waals surface area contributed by atoms with Crippen LogP contribution in [0.1, 0.15) is 38.2 Å². The van der Waals surface area contributed by atoms with Crippen LogP contribution in [0.15, 0.2) is 30.3 Å². The molecule has 27 heavy (non-hydrogen) atoms. The predicted octanol–water partition coefficient (Wildman–Crippen LogP) is 1.65. The van der Waals surface area contributed by atoms with E-state index < -0.39 is 9.84 Å². The molecule has 6 nitrogen and oxygen atoms in total. The molecule has 2 aliphatic heterocycles. The van der Waals surface area contributed by atoms with Gasteiger partial charge in [0.2, 0.25) is 11.8 Å². The number of sulfone groups is 1. The van der Waals surface area contributed by atoms with Gasteiger partial charge in [0.05, 0.1) is 23.6 Å². The largest absolute Gasteiger partial charge is 0.335 e. The van der Waals surface area contributed by atoms with Gasteiger partial charge in [0.25, 0.3) is 0 Å². The summed E-state index contributed by atoms with van der Waals surface area (Å²) in [5, 5.41) is 0. The number of rotatable bonds is 6. The van der Waals surface area contributed by atoms with Crippen molar-refractivity contribution in [3.8, 4) is 0 Å². The first kappa shape index (κ1) is 19.9. The maximum Gasteiger partial charge on any atom is 0.222 e. The molecule has 2 unspecified atom stereocenters. The first-order chi connectivity index (χ1) is 12.9. The van der Waals surface area contributed by atoms with E-state index in [1.165, 1.54) is 5.56 Å². The van der Waals surface area contributed by atoms with Crippen LogP contribution in [0.4, 0.5) is 0 Å². The van der Waals surface area contributed by atoms with Gasteiger partial charge in [-0.1, -0.05) is 37.3 Å². The predicted molar refractivity (Wildman–Crippen MR) is 104 cm³/mol. The number of fused-ring (bicyclic) bond motifs is 1. The van der Waals surface area contributed by atoms with E-state index in [2.05, 4.69) is 12.1 Å². The Bertz CT molecular complexity index is 778. The summed E-state index contributed by atoms with van der Waals surface area (Å²) in [6.07, 6.45) is 3.43. The Balaban J connectivity index is 1.57. The molecule has 2 amide bonds. The Morgan fingerprint density at radius 1 is 0.963 bits per heavy atom. The van der Waals surface area contributed by atoms with Crippen molar-refractivity contribution >= 4 is 21.7 Å². The van der Waals surface area contributed by atoms with E-state index in [9.17, 15) is 18.0 Å². The Morgan fingerprint density at radius 2 is 1.56 bits per heavy atom. The minimum absolute atomic E-state index is 0.0127. The fourth-order valence-electron chi connectivity index (χ4n) is 4.17. The maximum atomic E-state index is 12.7. The molecule has 3 rings (SSSR count). The van der Waals surface area contributed by atoms with Crippen molar-refractivity contribution < 1.29 is 18.0 Å². The quantitative estimate of drug-likeness (QED) is 0.690. The molecule has 7 heteroatoms. The van der Waals surface area contributed by atoms with Crippen LogP contribution in [0.25, 0.3) is 0 Å².